The van der Waals surface area contributed by atoms with Gasteiger partial charge in [0.1, 0.15) is 11.3 Å². The fourth-order valence-corrected chi connectivity index (χ4v) is 2.74. The van der Waals surface area contributed by atoms with Crippen molar-refractivity contribution in [2.24, 2.45) is 5.41 Å². The van der Waals surface area contributed by atoms with E-state index in [9.17, 15) is 0 Å². The molecule has 2 heteroatoms. The second-order valence-corrected chi connectivity index (χ2v) is 6.22. The summed E-state index contributed by atoms with van der Waals surface area (Å²) in [6.45, 7) is 8.96. The van der Waals surface area contributed by atoms with E-state index >= 15 is 0 Å². The lowest BCUT2D eigenvalue weighted by atomic mass is 10.1. The maximum atomic E-state index is 5.99. The summed E-state index contributed by atoms with van der Waals surface area (Å²) in [4.78, 5) is 0. The van der Waals surface area contributed by atoms with Crippen molar-refractivity contribution in [3.63, 3.8) is 0 Å². The van der Waals surface area contributed by atoms with Gasteiger partial charge < -0.3 is 9.73 Å². The number of aryl methyl sites for hydroxylation is 1. The monoisotopic (exact) mass is 243 g/mol. The van der Waals surface area contributed by atoms with Crippen LogP contribution in [0.4, 0.5) is 0 Å². The summed E-state index contributed by atoms with van der Waals surface area (Å²) in [6.07, 6.45) is 1.26. The van der Waals surface area contributed by atoms with Crippen LogP contribution in [0.3, 0.4) is 0 Å². The zero-order valence-electron chi connectivity index (χ0n) is 11.6. The van der Waals surface area contributed by atoms with Crippen molar-refractivity contribution < 1.29 is 4.42 Å². The molecule has 1 aromatic carbocycles. The van der Waals surface area contributed by atoms with Gasteiger partial charge in [-0.15, -0.1) is 0 Å². The Kier molecular flexibility index (Phi) is 2.53. The molecule has 3 rings (SSSR count). The lowest BCUT2D eigenvalue weighted by Gasteiger charge is -2.13. The third kappa shape index (κ3) is 1.85. The highest BCUT2D eigenvalue weighted by Gasteiger charge is 2.46. The van der Waals surface area contributed by atoms with E-state index in [1.165, 1.54) is 17.4 Å². The van der Waals surface area contributed by atoms with E-state index < -0.39 is 0 Å². The fourth-order valence-electron chi connectivity index (χ4n) is 2.74. The first-order valence-electron chi connectivity index (χ1n) is 6.73. The van der Waals surface area contributed by atoms with E-state index in [0.29, 0.717) is 11.5 Å². The molecule has 96 valence electrons. The van der Waals surface area contributed by atoms with Gasteiger partial charge >= 0.3 is 0 Å². The molecule has 0 bridgehead atoms. The topological polar surface area (TPSA) is 25.2 Å². The Labute approximate surface area is 108 Å². The zero-order valence-corrected chi connectivity index (χ0v) is 11.6. The Bertz CT molecular complexity index is 582. The van der Waals surface area contributed by atoms with Crippen LogP contribution in [0.15, 0.2) is 28.7 Å². The number of fused-ring (bicyclic) bond motifs is 1. The van der Waals surface area contributed by atoms with Crippen molar-refractivity contribution in [3.05, 3.63) is 35.6 Å². The minimum Gasteiger partial charge on any atom is -0.459 e. The molecule has 2 aromatic rings. The molecule has 1 aliphatic carbocycles. The van der Waals surface area contributed by atoms with Gasteiger partial charge in [-0.3, -0.25) is 0 Å². The summed E-state index contributed by atoms with van der Waals surface area (Å²) < 4.78 is 5.99. The predicted octanol–water partition coefficient (Wildman–Crippen LogP) is 4.19. The molecule has 1 heterocycles. The van der Waals surface area contributed by atoms with Gasteiger partial charge in [0.2, 0.25) is 0 Å². The Balaban J connectivity index is 1.87. The number of hydrogen-bond donors (Lipinski definition) is 1. The van der Waals surface area contributed by atoms with Gasteiger partial charge in [-0.2, -0.15) is 0 Å². The standard InChI is InChI=1S/C16H21NO/c1-10-12-7-5-6-8-13(12)18-15(10)11(2)17-14-9-16(14,3)4/h5-8,11,14,17H,9H2,1-4H3. The molecule has 0 radical (unpaired) electrons. The van der Waals surface area contributed by atoms with Crippen molar-refractivity contribution in [3.8, 4) is 0 Å². The molecule has 1 saturated carbocycles. The van der Waals surface area contributed by atoms with E-state index in [0.717, 1.165) is 11.3 Å². The average Bonchev–Trinajstić information content (AvgIpc) is 2.78. The van der Waals surface area contributed by atoms with Gasteiger partial charge in [-0.1, -0.05) is 32.0 Å². The van der Waals surface area contributed by atoms with Gasteiger partial charge in [-0.25, -0.2) is 0 Å². The minimum absolute atomic E-state index is 0.282. The largest absolute Gasteiger partial charge is 0.459 e. The highest BCUT2D eigenvalue weighted by atomic mass is 16.3. The van der Waals surface area contributed by atoms with Crippen molar-refractivity contribution in [1.82, 2.24) is 5.32 Å². The van der Waals surface area contributed by atoms with Crippen LogP contribution >= 0.6 is 0 Å². The van der Waals surface area contributed by atoms with Crippen LogP contribution in [0.2, 0.25) is 0 Å². The van der Waals surface area contributed by atoms with Crippen LogP contribution in [0, 0.1) is 12.3 Å². The highest BCUT2D eigenvalue weighted by Crippen LogP contribution is 2.46. The molecule has 0 saturated heterocycles. The Morgan fingerprint density at radius 3 is 2.61 bits per heavy atom. The predicted molar refractivity (Wildman–Crippen MR) is 74.7 cm³/mol. The lowest BCUT2D eigenvalue weighted by molar-refractivity contribution is 0.422. The van der Waals surface area contributed by atoms with Crippen molar-refractivity contribution in [2.45, 2.75) is 46.2 Å². The van der Waals surface area contributed by atoms with E-state index in [1.54, 1.807) is 0 Å². The summed E-state index contributed by atoms with van der Waals surface area (Å²) in [5, 5.41) is 4.90. The molecular weight excluding hydrogens is 222 g/mol. The van der Waals surface area contributed by atoms with Crippen molar-refractivity contribution in [1.29, 1.82) is 0 Å². The highest BCUT2D eigenvalue weighted by molar-refractivity contribution is 5.82. The number of nitrogens with one attached hydrogen (secondary N) is 1. The molecular formula is C16H21NO. The molecule has 2 unspecified atom stereocenters. The van der Waals surface area contributed by atoms with Gasteiger partial charge in [0, 0.05) is 11.4 Å². The van der Waals surface area contributed by atoms with Crippen LogP contribution in [-0.2, 0) is 0 Å². The first-order valence-corrected chi connectivity index (χ1v) is 6.73. The Morgan fingerprint density at radius 2 is 2.00 bits per heavy atom. The molecule has 1 fully saturated rings. The van der Waals surface area contributed by atoms with Crippen LogP contribution in [0.5, 0.6) is 0 Å². The SMILES string of the molecule is Cc1c(C(C)NC2CC2(C)C)oc2ccccc12. The third-order valence-corrected chi connectivity index (χ3v) is 4.24. The number of para-hydroxylation sites is 1. The maximum Gasteiger partial charge on any atom is 0.134 e. The second kappa shape index (κ2) is 3.86. The van der Waals surface area contributed by atoms with Gasteiger partial charge in [0.15, 0.2) is 0 Å². The van der Waals surface area contributed by atoms with Crippen LogP contribution in [-0.4, -0.2) is 6.04 Å². The Hall–Kier alpha value is -1.28. The quantitative estimate of drug-likeness (QED) is 0.874. The van der Waals surface area contributed by atoms with E-state index in [4.69, 9.17) is 4.42 Å². The van der Waals surface area contributed by atoms with Crippen LogP contribution in [0.25, 0.3) is 11.0 Å². The molecule has 0 spiro atoms. The van der Waals surface area contributed by atoms with E-state index in [-0.39, 0.29) is 6.04 Å². The van der Waals surface area contributed by atoms with Crippen molar-refractivity contribution >= 4 is 11.0 Å². The Morgan fingerprint density at radius 1 is 1.33 bits per heavy atom. The molecule has 2 nitrogen and oxygen atoms in total. The fraction of sp³-hybridized carbons (Fsp3) is 0.500. The van der Waals surface area contributed by atoms with Crippen LogP contribution < -0.4 is 5.32 Å². The minimum atomic E-state index is 0.282. The van der Waals surface area contributed by atoms with Gasteiger partial charge in [-0.05, 0) is 37.3 Å². The first-order chi connectivity index (χ1) is 8.49. The number of benzene rings is 1. The van der Waals surface area contributed by atoms with Gasteiger partial charge in [0.05, 0.1) is 6.04 Å². The normalized spacial score (nSPS) is 23.2. The summed E-state index contributed by atoms with van der Waals surface area (Å²) in [7, 11) is 0. The second-order valence-electron chi connectivity index (χ2n) is 6.22. The maximum absolute atomic E-state index is 5.99. The smallest absolute Gasteiger partial charge is 0.134 e. The van der Waals surface area contributed by atoms with Crippen LogP contribution in [0.1, 0.15) is 44.6 Å². The van der Waals surface area contributed by atoms with Crippen molar-refractivity contribution in [2.75, 3.05) is 0 Å². The zero-order chi connectivity index (χ0) is 12.9. The number of rotatable bonds is 3. The molecule has 2 atom stereocenters. The average molecular weight is 243 g/mol. The molecule has 18 heavy (non-hydrogen) atoms. The third-order valence-electron chi connectivity index (χ3n) is 4.24. The molecule has 0 aliphatic heterocycles. The number of furan rings is 1. The summed E-state index contributed by atoms with van der Waals surface area (Å²) in [5.74, 6) is 1.08. The van der Waals surface area contributed by atoms with E-state index in [1.807, 2.05) is 12.1 Å². The summed E-state index contributed by atoms with van der Waals surface area (Å²) in [6, 6.07) is 9.17. The first kappa shape index (κ1) is 11.8. The summed E-state index contributed by atoms with van der Waals surface area (Å²) >= 11 is 0. The molecule has 1 N–H and O–H groups in total. The number of hydrogen-bond acceptors (Lipinski definition) is 2. The molecule has 0 amide bonds. The lowest BCUT2D eigenvalue weighted by Crippen LogP contribution is -2.24. The summed E-state index contributed by atoms with van der Waals surface area (Å²) in [5.41, 5.74) is 2.71. The van der Waals surface area contributed by atoms with E-state index in [2.05, 4.69) is 45.1 Å². The molecule has 1 aliphatic rings. The molecule has 1 aromatic heterocycles. The van der Waals surface area contributed by atoms with Gasteiger partial charge in [0.25, 0.3) is 0 Å².